The number of amides is 1. The zero-order valence-electron chi connectivity index (χ0n) is 21.6. The van der Waals surface area contributed by atoms with E-state index in [1.165, 1.54) is 11.6 Å². The molecule has 4 rings (SSSR count). The van der Waals surface area contributed by atoms with E-state index in [1.54, 1.807) is 28.8 Å². The molecule has 1 aromatic carbocycles. The third kappa shape index (κ3) is 5.70. The number of carbonyl (C=O) groups is 2. The third-order valence-corrected chi connectivity index (χ3v) is 6.52. The van der Waals surface area contributed by atoms with Crippen molar-refractivity contribution >= 4 is 28.8 Å². The smallest absolute Gasteiger partial charge is 0.330 e. The minimum atomic E-state index is -0.642. The highest BCUT2D eigenvalue weighted by atomic mass is 16.5. The Labute approximate surface area is 219 Å². The van der Waals surface area contributed by atoms with Gasteiger partial charge in [0.15, 0.2) is 23.6 Å². The van der Waals surface area contributed by atoms with E-state index in [2.05, 4.69) is 10.3 Å². The standard InChI is InChI=1S/C26H33N7O5/c1-3-4-13-32-22-23(29-25(32)31-12-7-8-17(27)15-31)33(26(37)30-24(22)36)14-11-19(34)18-9-5-6-10-20(18)38-16-21(35)28-2/h3-6,9-10,17H,7-8,11-16,27H2,1-2H3,(H,28,35)(H,30,36,37)/b4-3+. The van der Waals surface area contributed by atoms with Gasteiger partial charge in [0, 0.05) is 45.7 Å². The lowest BCUT2D eigenvalue weighted by Crippen LogP contribution is -2.44. The van der Waals surface area contributed by atoms with Gasteiger partial charge in [-0.3, -0.25) is 23.9 Å². The van der Waals surface area contributed by atoms with Gasteiger partial charge in [0.25, 0.3) is 11.5 Å². The highest BCUT2D eigenvalue weighted by Crippen LogP contribution is 2.24. The van der Waals surface area contributed by atoms with Gasteiger partial charge >= 0.3 is 5.69 Å². The van der Waals surface area contributed by atoms with E-state index in [0.717, 1.165) is 19.4 Å². The number of imidazole rings is 1. The van der Waals surface area contributed by atoms with E-state index in [0.29, 0.717) is 24.6 Å². The van der Waals surface area contributed by atoms with Crippen LogP contribution in [-0.4, -0.2) is 63.6 Å². The minimum absolute atomic E-state index is 0.00564. The monoisotopic (exact) mass is 523 g/mol. The van der Waals surface area contributed by atoms with Gasteiger partial charge in [-0.25, -0.2) is 4.79 Å². The Balaban J connectivity index is 1.68. The van der Waals surface area contributed by atoms with Crippen molar-refractivity contribution in [2.45, 2.75) is 45.3 Å². The summed E-state index contributed by atoms with van der Waals surface area (Å²) in [5.41, 5.74) is 5.80. The Kier molecular flexibility index (Phi) is 8.41. The number of fused-ring (bicyclic) bond motifs is 1. The summed E-state index contributed by atoms with van der Waals surface area (Å²) in [6, 6.07) is 6.61. The zero-order chi connectivity index (χ0) is 27.2. The average Bonchev–Trinajstić information content (AvgIpc) is 3.30. The molecule has 0 saturated carbocycles. The number of anilines is 1. The first kappa shape index (κ1) is 26.9. The number of Topliss-reactive ketones (excluding diaryl/α,β-unsaturated/α-hetero) is 1. The molecule has 2 aromatic heterocycles. The Hall–Kier alpha value is -4.19. The molecule has 12 heteroatoms. The van der Waals surface area contributed by atoms with Crippen LogP contribution in [0.5, 0.6) is 5.75 Å². The molecule has 4 N–H and O–H groups in total. The van der Waals surface area contributed by atoms with E-state index in [9.17, 15) is 19.2 Å². The number of aromatic amines is 1. The summed E-state index contributed by atoms with van der Waals surface area (Å²) in [6.45, 7) is 3.37. The number of hydrogen-bond donors (Lipinski definition) is 3. The van der Waals surface area contributed by atoms with Crippen molar-refractivity contribution in [2.24, 2.45) is 5.73 Å². The quantitative estimate of drug-likeness (QED) is 0.260. The summed E-state index contributed by atoms with van der Waals surface area (Å²) < 4.78 is 8.62. The first-order valence-electron chi connectivity index (χ1n) is 12.6. The molecule has 0 bridgehead atoms. The van der Waals surface area contributed by atoms with Crippen molar-refractivity contribution in [3.8, 4) is 5.75 Å². The summed E-state index contributed by atoms with van der Waals surface area (Å²) in [5, 5.41) is 2.46. The number of nitrogens with zero attached hydrogens (tertiary/aromatic N) is 4. The van der Waals surface area contributed by atoms with Crippen LogP contribution in [0.25, 0.3) is 11.2 Å². The normalized spacial score (nSPS) is 15.8. The number of nitrogens with one attached hydrogen (secondary N) is 2. The van der Waals surface area contributed by atoms with Crippen molar-refractivity contribution in [3.63, 3.8) is 0 Å². The number of ether oxygens (including phenoxy) is 1. The predicted molar refractivity (Wildman–Crippen MR) is 144 cm³/mol. The largest absolute Gasteiger partial charge is 0.483 e. The second-order valence-electron chi connectivity index (χ2n) is 9.15. The van der Waals surface area contributed by atoms with Gasteiger partial charge in [0.2, 0.25) is 5.95 Å². The number of likely N-dealkylation sites (N-methyl/N-ethyl adjacent to an activating group) is 1. The van der Waals surface area contributed by atoms with Crippen LogP contribution < -0.4 is 31.9 Å². The minimum Gasteiger partial charge on any atom is -0.483 e. The molecule has 202 valence electrons. The number of rotatable bonds is 10. The molecule has 1 saturated heterocycles. The van der Waals surface area contributed by atoms with Crippen LogP contribution in [0.4, 0.5) is 5.95 Å². The van der Waals surface area contributed by atoms with Crippen molar-refractivity contribution in [2.75, 3.05) is 31.6 Å². The second kappa shape index (κ2) is 11.9. The summed E-state index contributed by atoms with van der Waals surface area (Å²) in [4.78, 5) is 59.7. The fraction of sp³-hybridized carbons (Fsp3) is 0.423. The summed E-state index contributed by atoms with van der Waals surface area (Å²) >= 11 is 0. The molecule has 1 unspecified atom stereocenters. The molecular weight excluding hydrogens is 490 g/mol. The summed E-state index contributed by atoms with van der Waals surface area (Å²) in [7, 11) is 1.50. The molecule has 1 fully saturated rings. The first-order chi connectivity index (χ1) is 18.3. The fourth-order valence-corrected chi connectivity index (χ4v) is 4.57. The van der Waals surface area contributed by atoms with Gasteiger partial charge in [0.1, 0.15) is 5.75 Å². The predicted octanol–water partition coefficient (Wildman–Crippen LogP) is 0.788. The molecule has 38 heavy (non-hydrogen) atoms. The van der Waals surface area contributed by atoms with Gasteiger partial charge in [-0.05, 0) is 31.9 Å². The number of piperidine rings is 1. The van der Waals surface area contributed by atoms with Crippen LogP contribution in [0.1, 0.15) is 36.5 Å². The topological polar surface area (TPSA) is 157 Å². The molecular formula is C26H33N7O5. The highest BCUT2D eigenvalue weighted by molar-refractivity contribution is 5.98. The van der Waals surface area contributed by atoms with E-state index in [-0.39, 0.29) is 54.2 Å². The number of hydrogen-bond acceptors (Lipinski definition) is 8. The second-order valence-corrected chi connectivity index (χ2v) is 9.15. The number of aromatic nitrogens is 4. The molecule has 0 aliphatic carbocycles. The van der Waals surface area contributed by atoms with Crippen LogP contribution in [0.2, 0.25) is 0 Å². The van der Waals surface area contributed by atoms with Crippen molar-refractivity contribution in [1.29, 1.82) is 0 Å². The third-order valence-electron chi connectivity index (χ3n) is 6.52. The van der Waals surface area contributed by atoms with E-state index >= 15 is 0 Å². The SMILES string of the molecule is C/C=C/Cn1c(N2CCCC(N)C2)nc2c1c(=O)[nH]c(=O)n2CCC(=O)c1ccccc1OCC(=O)NC. The van der Waals surface area contributed by atoms with Crippen molar-refractivity contribution < 1.29 is 14.3 Å². The molecule has 1 aliphatic rings. The number of H-pyrrole nitrogens is 1. The Morgan fingerprint density at radius 3 is 2.79 bits per heavy atom. The van der Waals surface area contributed by atoms with E-state index in [1.807, 2.05) is 24.0 Å². The molecule has 3 aromatic rings. The summed E-state index contributed by atoms with van der Waals surface area (Å²) in [6.07, 6.45) is 5.54. The van der Waals surface area contributed by atoms with Crippen LogP contribution in [0.3, 0.4) is 0 Å². The number of benzene rings is 1. The first-order valence-corrected chi connectivity index (χ1v) is 12.6. The van der Waals surface area contributed by atoms with Crippen molar-refractivity contribution in [1.82, 2.24) is 24.4 Å². The number of para-hydroxylation sites is 1. The lowest BCUT2D eigenvalue weighted by Gasteiger charge is -2.31. The molecule has 12 nitrogen and oxygen atoms in total. The Bertz CT molecular complexity index is 1470. The molecule has 1 aliphatic heterocycles. The molecule has 0 spiro atoms. The molecule has 1 amide bonds. The average molecular weight is 524 g/mol. The highest BCUT2D eigenvalue weighted by Gasteiger charge is 2.25. The molecule has 0 radical (unpaired) electrons. The fourth-order valence-electron chi connectivity index (χ4n) is 4.57. The van der Waals surface area contributed by atoms with E-state index < -0.39 is 11.2 Å². The van der Waals surface area contributed by atoms with Gasteiger partial charge in [-0.2, -0.15) is 4.98 Å². The number of aryl methyl sites for hydroxylation is 1. The number of carbonyl (C=O) groups excluding carboxylic acids is 2. The van der Waals surface area contributed by atoms with Gasteiger partial charge < -0.3 is 25.3 Å². The maximum absolute atomic E-state index is 13.1. The lowest BCUT2D eigenvalue weighted by molar-refractivity contribution is -0.122. The van der Waals surface area contributed by atoms with Crippen molar-refractivity contribution in [3.05, 3.63) is 62.8 Å². The number of allylic oxidation sites excluding steroid dienone is 2. The maximum atomic E-state index is 13.1. The maximum Gasteiger partial charge on any atom is 0.330 e. The lowest BCUT2D eigenvalue weighted by atomic mass is 10.1. The van der Waals surface area contributed by atoms with Crippen LogP contribution in [0, 0.1) is 0 Å². The molecule has 3 heterocycles. The van der Waals surface area contributed by atoms with E-state index in [4.69, 9.17) is 15.5 Å². The van der Waals surface area contributed by atoms with Crippen LogP contribution in [-0.2, 0) is 17.9 Å². The summed E-state index contributed by atoms with van der Waals surface area (Å²) in [5.74, 6) is 0.240. The van der Waals surface area contributed by atoms with Gasteiger partial charge in [0.05, 0.1) is 5.56 Å². The zero-order valence-corrected chi connectivity index (χ0v) is 21.6. The van der Waals surface area contributed by atoms with Gasteiger partial charge in [-0.15, -0.1) is 0 Å². The number of nitrogens with two attached hydrogens (primary N) is 1. The Morgan fingerprint density at radius 2 is 2.05 bits per heavy atom. The van der Waals surface area contributed by atoms with Crippen LogP contribution in [0.15, 0.2) is 46.0 Å². The van der Waals surface area contributed by atoms with Crippen LogP contribution >= 0.6 is 0 Å². The van der Waals surface area contributed by atoms with Gasteiger partial charge in [-0.1, -0.05) is 24.3 Å². The Morgan fingerprint density at radius 1 is 1.26 bits per heavy atom. The number of ketones is 1. The molecule has 1 atom stereocenters.